The van der Waals surface area contributed by atoms with Crippen LogP contribution >= 0.6 is 0 Å². The highest BCUT2D eigenvalue weighted by molar-refractivity contribution is 7.88. The smallest absolute Gasteiger partial charge is 0.218 e. The van der Waals surface area contributed by atoms with Crippen molar-refractivity contribution in [3.8, 4) is 0 Å². The number of aryl methyl sites for hydroxylation is 2. The van der Waals surface area contributed by atoms with E-state index in [-0.39, 0.29) is 18.0 Å². The Labute approximate surface area is 150 Å². The Morgan fingerprint density at radius 1 is 1.04 bits per heavy atom. The molecule has 1 fully saturated rings. The summed E-state index contributed by atoms with van der Waals surface area (Å²) in [7, 11) is -3.39. The van der Waals surface area contributed by atoms with Gasteiger partial charge < -0.3 is 4.74 Å². The number of ether oxygens (including phenoxy) is 1. The van der Waals surface area contributed by atoms with E-state index >= 15 is 0 Å². The van der Waals surface area contributed by atoms with Gasteiger partial charge in [0.1, 0.15) is 0 Å². The second kappa shape index (κ2) is 7.28. The van der Waals surface area contributed by atoms with Crippen LogP contribution in [0.3, 0.4) is 0 Å². The maximum atomic E-state index is 13.0. The van der Waals surface area contributed by atoms with Crippen molar-refractivity contribution in [2.45, 2.75) is 38.7 Å². The molecule has 1 heterocycles. The molecule has 25 heavy (non-hydrogen) atoms. The molecule has 0 bridgehead atoms. The van der Waals surface area contributed by atoms with Crippen LogP contribution < -0.4 is 0 Å². The molecular weight excluding hydrogens is 334 g/mol. The third-order valence-electron chi connectivity index (χ3n) is 4.67. The van der Waals surface area contributed by atoms with Gasteiger partial charge in [-0.1, -0.05) is 54.1 Å². The molecule has 2 atom stereocenters. The van der Waals surface area contributed by atoms with E-state index in [2.05, 4.69) is 0 Å². The van der Waals surface area contributed by atoms with E-state index in [4.69, 9.17) is 4.74 Å². The van der Waals surface area contributed by atoms with Crippen LogP contribution in [0.25, 0.3) is 0 Å². The molecule has 2 aromatic carbocycles. The number of morpholine rings is 1. The summed E-state index contributed by atoms with van der Waals surface area (Å²) in [5.74, 6) is 0.0347. The summed E-state index contributed by atoms with van der Waals surface area (Å²) in [5.41, 5.74) is 4.06. The summed E-state index contributed by atoms with van der Waals surface area (Å²) in [5, 5.41) is 0. The molecule has 0 saturated carbocycles. The van der Waals surface area contributed by atoms with Crippen molar-refractivity contribution in [2.75, 3.05) is 13.1 Å². The molecule has 0 spiro atoms. The van der Waals surface area contributed by atoms with Gasteiger partial charge in [0.05, 0.1) is 18.0 Å². The van der Waals surface area contributed by atoms with Gasteiger partial charge in [0, 0.05) is 13.1 Å². The summed E-state index contributed by atoms with van der Waals surface area (Å²) >= 11 is 0. The first-order valence-electron chi connectivity index (χ1n) is 8.59. The van der Waals surface area contributed by atoms with Crippen LogP contribution in [0.4, 0.5) is 0 Å². The van der Waals surface area contributed by atoms with Crippen LogP contribution in [0.5, 0.6) is 0 Å². The Bertz CT molecular complexity index is 830. The zero-order valence-electron chi connectivity index (χ0n) is 15.0. The fourth-order valence-electron chi connectivity index (χ4n) is 3.16. The minimum atomic E-state index is -3.39. The van der Waals surface area contributed by atoms with Crippen molar-refractivity contribution in [1.29, 1.82) is 0 Å². The normalized spacial score (nSPS) is 22.0. The number of nitrogens with zero attached hydrogens (tertiary/aromatic N) is 1. The lowest BCUT2D eigenvalue weighted by atomic mass is 10.1. The number of hydrogen-bond acceptors (Lipinski definition) is 3. The van der Waals surface area contributed by atoms with E-state index in [0.717, 1.165) is 16.7 Å². The third-order valence-corrected chi connectivity index (χ3v) is 6.43. The van der Waals surface area contributed by atoms with E-state index in [9.17, 15) is 8.42 Å². The summed E-state index contributed by atoms with van der Waals surface area (Å²) < 4.78 is 33.5. The highest BCUT2D eigenvalue weighted by Gasteiger charge is 2.33. The molecule has 0 radical (unpaired) electrons. The Balaban J connectivity index is 1.80. The lowest BCUT2D eigenvalue weighted by Gasteiger charge is -2.36. The Morgan fingerprint density at radius 3 is 2.40 bits per heavy atom. The summed E-state index contributed by atoms with van der Waals surface area (Å²) in [6, 6.07) is 15.7. The number of sulfonamides is 1. The van der Waals surface area contributed by atoms with E-state index in [0.29, 0.717) is 13.1 Å². The van der Waals surface area contributed by atoms with E-state index in [1.807, 2.05) is 69.3 Å². The van der Waals surface area contributed by atoms with Crippen LogP contribution in [-0.2, 0) is 20.5 Å². The summed E-state index contributed by atoms with van der Waals surface area (Å²) in [6.07, 6.45) is -0.359. The van der Waals surface area contributed by atoms with E-state index < -0.39 is 10.0 Å². The lowest BCUT2D eigenvalue weighted by Crippen LogP contribution is -2.46. The minimum Gasteiger partial charge on any atom is -0.368 e. The fourth-order valence-corrected chi connectivity index (χ4v) is 4.86. The molecular formula is C20H25NO3S. The van der Waals surface area contributed by atoms with E-state index in [1.165, 1.54) is 5.56 Å². The van der Waals surface area contributed by atoms with Gasteiger partial charge in [0.2, 0.25) is 10.0 Å². The second-order valence-corrected chi connectivity index (χ2v) is 8.81. The Morgan fingerprint density at radius 2 is 1.72 bits per heavy atom. The van der Waals surface area contributed by atoms with Crippen molar-refractivity contribution in [2.24, 2.45) is 0 Å². The largest absolute Gasteiger partial charge is 0.368 e. The van der Waals surface area contributed by atoms with Gasteiger partial charge in [-0.05, 0) is 37.5 Å². The van der Waals surface area contributed by atoms with Crippen LogP contribution in [0.2, 0.25) is 0 Å². The van der Waals surface area contributed by atoms with Crippen LogP contribution in [0.15, 0.2) is 48.5 Å². The maximum Gasteiger partial charge on any atom is 0.218 e. The lowest BCUT2D eigenvalue weighted by molar-refractivity contribution is -0.0557. The van der Waals surface area contributed by atoms with Crippen LogP contribution in [-0.4, -0.2) is 31.9 Å². The molecule has 1 saturated heterocycles. The zero-order valence-corrected chi connectivity index (χ0v) is 15.8. The molecule has 0 N–H and O–H groups in total. The summed E-state index contributed by atoms with van der Waals surface area (Å²) in [6.45, 7) is 6.67. The average Bonchev–Trinajstić information content (AvgIpc) is 2.57. The van der Waals surface area contributed by atoms with Gasteiger partial charge >= 0.3 is 0 Å². The number of benzene rings is 2. The quantitative estimate of drug-likeness (QED) is 0.838. The molecule has 4 nitrogen and oxygen atoms in total. The molecule has 5 heteroatoms. The van der Waals surface area contributed by atoms with Gasteiger partial charge in [-0.15, -0.1) is 0 Å². The molecule has 134 valence electrons. The first-order valence-corrected chi connectivity index (χ1v) is 10.2. The number of hydrogen-bond donors (Lipinski definition) is 0. The van der Waals surface area contributed by atoms with Gasteiger partial charge in [-0.2, -0.15) is 4.31 Å². The van der Waals surface area contributed by atoms with Gasteiger partial charge in [-0.25, -0.2) is 8.42 Å². The molecule has 2 unspecified atom stereocenters. The summed E-state index contributed by atoms with van der Waals surface area (Å²) in [4.78, 5) is 0. The van der Waals surface area contributed by atoms with Crippen molar-refractivity contribution in [1.82, 2.24) is 4.31 Å². The molecule has 0 aliphatic carbocycles. The molecule has 1 aliphatic rings. The predicted molar refractivity (Wildman–Crippen MR) is 99.8 cm³/mol. The second-order valence-electron chi connectivity index (χ2n) is 6.85. The van der Waals surface area contributed by atoms with Crippen LogP contribution in [0, 0.1) is 13.8 Å². The first-order chi connectivity index (χ1) is 11.8. The SMILES string of the molecule is Cc1ccc(C2CN(S(=O)(=O)Cc3ccccc3C)CC(C)O2)cc1. The molecule has 2 aromatic rings. The Kier molecular flexibility index (Phi) is 5.27. The maximum absolute atomic E-state index is 13.0. The Hall–Kier alpha value is -1.69. The average molecular weight is 359 g/mol. The highest BCUT2D eigenvalue weighted by atomic mass is 32.2. The van der Waals surface area contributed by atoms with Gasteiger partial charge in [0.15, 0.2) is 0 Å². The van der Waals surface area contributed by atoms with Crippen LogP contribution in [0.1, 0.15) is 35.3 Å². The topological polar surface area (TPSA) is 46.6 Å². The van der Waals surface area contributed by atoms with Gasteiger partial charge in [-0.3, -0.25) is 0 Å². The predicted octanol–water partition coefficient (Wildman–Crippen LogP) is 3.60. The standard InChI is InChI=1S/C20H25NO3S/c1-15-8-10-18(11-9-15)20-13-21(12-17(3)24-20)25(22,23)14-19-7-5-4-6-16(19)2/h4-11,17,20H,12-14H2,1-3H3. The van der Waals surface area contributed by atoms with Crippen molar-refractivity contribution >= 4 is 10.0 Å². The molecule has 1 aliphatic heterocycles. The fraction of sp³-hybridized carbons (Fsp3) is 0.400. The van der Waals surface area contributed by atoms with Crippen molar-refractivity contribution in [3.63, 3.8) is 0 Å². The van der Waals surface area contributed by atoms with E-state index in [1.54, 1.807) is 4.31 Å². The van der Waals surface area contributed by atoms with Gasteiger partial charge in [0.25, 0.3) is 0 Å². The van der Waals surface area contributed by atoms with Crippen molar-refractivity contribution in [3.05, 3.63) is 70.8 Å². The third kappa shape index (κ3) is 4.29. The molecule has 0 aromatic heterocycles. The van der Waals surface area contributed by atoms with Crippen molar-refractivity contribution < 1.29 is 13.2 Å². The molecule has 0 amide bonds. The zero-order chi connectivity index (χ0) is 18.0. The first kappa shape index (κ1) is 18.1. The minimum absolute atomic E-state index is 0.0347. The number of rotatable bonds is 4. The monoisotopic (exact) mass is 359 g/mol. The highest BCUT2D eigenvalue weighted by Crippen LogP contribution is 2.28. The molecule has 3 rings (SSSR count).